The molecule has 0 saturated carbocycles. The molecule has 0 aliphatic carbocycles. The zero-order valence-corrected chi connectivity index (χ0v) is 3.76. The summed E-state index contributed by atoms with van der Waals surface area (Å²) in [5.74, 6) is 0. The van der Waals surface area contributed by atoms with Crippen molar-refractivity contribution in [1.29, 1.82) is 0 Å². The summed E-state index contributed by atoms with van der Waals surface area (Å²) >= 11 is 0. The van der Waals surface area contributed by atoms with Crippen molar-refractivity contribution in [2.24, 2.45) is 0 Å². The van der Waals surface area contributed by atoms with Crippen molar-refractivity contribution in [2.75, 3.05) is 0 Å². The fourth-order valence-electron chi connectivity index (χ4n) is 0.272. The Morgan fingerprint density at radius 3 is 2.50 bits per heavy atom. The van der Waals surface area contributed by atoms with Gasteiger partial charge in [-0.3, -0.25) is 0 Å². The van der Waals surface area contributed by atoms with E-state index in [1.165, 1.54) is 0 Å². The van der Waals surface area contributed by atoms with Gasteiger partial charge in [-0.25, -0.2) is 0 Å². The van der Waals surface area contributed by atoms with Gasteiger partial charge in [-0.05, 0) is 0 Å². The van der Waals surface area contributed by atoms with Gasteiger partial charge in [0.1, 0.15) is 4.96 Å². The lowest BCUT2D eigenvalue weighted by Crippen LogP contribution is -2.49. The van der Waals surface area contributed by atoms with Crippen molar-refractivity contribution >= 4 is 0 Å². The lowest BCUT2D eigenvalue weighted by atomic mass is 10.9. The van der Waals surface area contributed by atoms with Crippen molar-refractivity contribution in [3.05, 3.63) is 22.8 Å². The number of aromatic nitrogens is 4. The molecule has 1 aromatic rings. The number of nitrogens with zero attached hydrogens (tertiary/aromatic N) is 4. The fraction of sp³-hybridized carbons (Fsp3) is 0. The van der Waals surface area contributed by atoms with E-state index in [0.29, 0.717) is 0 Å². The van der Waals surface area contributed by atoms with E-state index >= 15 is 0 Å². The van der Waals surface area contributed by atoms with Gasteiger partial charge in [0, 0.05) is 9.94 Å². The molecule has 0 unspecified atom stereocenters. The number of rotatable bonds is 0. The minimum Gasteiger partial charge on any atom is -0.590 e. The largest absolute Gasteiger partial charge is 0.590 e. The Morgan fingerprint density at radius 1 is 1.38 bits per heavy atom. The molecule has 1 heterocycles. The Morgan fingerprint density at radius 2 is 2.12 bits per heavy atom. The summed E-state index contributed by atoms with van der Waals surface area (Å²) in [5, 5.41) is 25.9. The van der Waals surface area contributed by atoms with E-state index in [1.807, 2.05) is 0 Å². The molecule has 0 aliphatic heterocycles. The summed E-state index contributed by atoms with van der Waals surface area (Å²) in [6.07, 6.45) is 2.08. The molecule has 8 heavy (non-hydrogen) atoms. The Balaban J connectivity index is 3.08. The van der Waals surface area contributed by atoms with Crippen LogP contribution in [0, 0.1) is 10.4 Å². The maximum absolute atomic E-state index is 10.0. The second-order valence-electron chi connectivity index (χ2n) is 1.06. The minimum atomic E-state index is -0.0625. The molecule has 0 bridgehead atoms. The van der Waals surface area contributed by atoms with Gasteiger partial charge in [0.2, 0.25) is 6.20 Å². The van der Waals surface area contributed by atoms with Gasteiger partial charge in [-0.1, -0.05) is 0 Å². The molecule has 0 aliphatic rings. The lowest BCUT2D eigenvalue weighted by molar-refractivity contribution is -0.876. The Labute approximate surface area is 44.1 Å². The standard InChI is InChI=1S/C2H2N4O2/c7-5-2-1-3-6(8)4-5/h1-2H. The normalized spacial score (nSPS) is 9.00. The van der Waals surface area contributed by atoms with Crippen molar-refractivity contribution in [3.63, 3.8) is 0 Å². The molecule has 0 N–H and O–H groups in total. The molecular formula is C2H2N4O2. The van der Waals surface area contributed by atoms with Crippen LogP contribution in [-0.2, 0) is 0 Å². The Kier molecular flexibility index (Phi) is 0.918. The van der Waals surface area contributed by atoms with Crippen LogP contribution in [0.5, 0.6) is 0 Å². The van der Waals surface area contributed by atoms with Crippen LogP contribution in [0.4, 0.5) is 0 Å². The second kappa shape index (κ2) is 1.57. The first kappa shape index (κ1) is 4.69. The van der Waals surface area contributed by atoms with E-state index < -0.39 is 0 Å². The average molecular weight is 114 g/mol. The predicted octanol–water partition coefficient (Wildman–Crippen LogP) is -2.26. The Bertz CT molecular complexity index is 172. The predicted molar refractivity (Wildman–Crippen MR) is 20.0 cm³/mol. The van der Waals surface area contributed by atoms with Crippen LogP contribution >= 0.6 is 0 Å². The summed E-state index contributed by atoms with van der Waals surface area (Å²) in [5.41, 5.74) is 0. The van der Waals surface area contributed by atoms with E-state index in [0.717, 1.165) is 12.4 Å². The van der Waals surface area contributed by atoms with E-state index in [9.17, 15) is 10.4 Å². The molecule has 6 nitrogen and oxygen atoms in total. The highest BCUT2D eigenvalue weighted by Gasteiger charge is 1.94. The van der Waals surface area contributed by atoms with E-state index in [-0.39, 0.29) is 9.80 Å². The topological polar surface area (TPSA) is 79.7 Å². The van der Waals surface area contributed by atoms with Crippen molar-refractivity contribution in [3.8, 4) is 0 Å². The quantitative estimate of drug-likeness (QED) is 0.281. The third-order valence-electron chi connectivity index (χ3n) is 0.524. The summed E-state index contributed by atoms with van der Waals surface area (Å²) in [4.78, 5) is 0.0625. The van der Waals surface area contributed by atoms with Gasteiger partial charge in [0.25, 0.3) is 0 Å². The third kappa shape index (κ3) is 0.780. The smallest absolute Gasteiger partial charge is 0.326 e. The van der Waals surface area contributed by atoms with Gasteiger partial charge in [0.15, 0.2) is 6.20 Å². The van der Waals surface area contributed by atoms with Gasteiger partial charge in [0.05, 0.1) is 0 Å². The highest BCUT2D eigenvalue weighted by molar-refractivity contribution is 4.45. The minimum absolute atomic E-state index is 0.0625. The summed E-state index contributed by atoms with van der Waals surface area (Å²) in [6, 6.07) is 0. The number of hydrogen-bond acceptors (Lipinski definition) is 4. The monoisotopic (exact) mass is 114 g/mol. The van der Waals surface area contributed by atoms with Crippen LogP contribution in [0.1, 0.15) is 0 Å². The van der Waals surface area contributed by atoms with E-state index in [2.05, 4.69) is 10.3 Å². The molecule has 0 radical (unpaired) electrons. The van der Waals surface area contributed by atoms with Crippen LogP contribution in [0.15, 0.2) is 12.4 Å². The summed E-state index contributed by atoms with van der Waals surface area (Å²) in [6.45, 7) is 0. The van der Waals surface area contributed by atoms with Crippen LogP contribution in [0.3, 0.4) is 0 Å². The maximum atomic E-state index is 10.0. The molecule has 0 fully saturated rings. The average Bonchev–Trinajstić information content (AvgIpc) is 1.64. The first-order valence-electron chi connectivity index (χ1n) is 1.81. The van der Waals surface area contributed by atoms with Crippen LogP contribution in [0.2, 0.25) is 0 Å². The molecule has 0 amide bonds. The van der Waals surface area contributed by atoms with Crippen LogP contribution in [-0.4, -0.2) is 10.3 Å². The van der Waals surface area contributed by atoms with Crippen molar-refractivity contribution in [1.82, 2.24) is 10.3 Å². The van der Waals surface area contributed by atoms with Gasteiger partial charge in [-0.15, -0.1) is 0 Å². The molecular weight excluding hydrogens is 112 g/mol. The van der Waals surface area contributed by atoms with Gasteiger partial charge < -0.3 is 10.4 Å². The van der Waals surface area contributed by atoms with Crippen LogP contribution in [0.25, 0.3) is 0 Å². The summed E-state index contributed by atoms with van der Waals surface area (Å²) < 4.78 is 0. The van der Waals surface area contributed by atoms with E-state index in [1.54, 1.807) is 0 Å². The second-order valence-corrected chi connectivity index (χ2v) is 1.06. The lowest BCUT2D eigenvalue weighted by Gasteiger charge is -1.84. The third-order valence-corrected chi connectivity index (χ3v) is 0.524. The first-order chi connectivity index (χ1) is 3.79. The van der Waals surface area contributed by atoms with Crippen molar-refractivity contribution in [2.45, 2.75) is 0 Å². The molecule has 0 spiro atoms. The number of hydrogen-bond donors (Lipinski definition) is 0. The SMILES string of the molecule is [O-][n+]1ccn[n+]([O-])n1. The fourth-order valence-corrected chi connectivity index (χ4v) is 0.272. The van der Waals surface area contributed by atoms with E-state index in [4.69, 9.17) is 0 Å². The van der Waals surface area contributed by atoms with Crippen LogP contribution < -0.4 is 9.80 Å². The molecule has 42 valence electrons. The molecule has 1 rings (SSSR count). The van der Waals surface area contributed by atoms with Gasteiger partial charge >= 0.3 is 5.21 Å². The highest BCUT2D eigenvalue weighted by Crippen LogP contribution is 1.51. The Hall–Kier alpha value is -1.46. The molecule has 0 saturated heterocycles. The molecule has 6 heteroatoms. The zero-order valence-electron chi connectivity index (χ0n) is 3.76. The summed E-state index contributed by atoms with van der Waals surface area (Å²) in [7, 11) is 0. The van der Waals surface area contributed by atoms with Gasteiger partial charge in [-0.2, -0.15) is 0 Å². The highest BCUT2D eigenvalue weighted by atomic mass is 16.6. The molecule has 0 atom stereocenters. The van der Waals surface area contributed by atoms with Crippen molar-refractivity contribution < 1.29 is 9.80 Å². The molecule has 0 aromatic carbocycles. The zero-order chi connectivity index (χ0) is 5.98. The molecule has 1 aromatic heterocycles. The maximum Gasteiger partial charge on any atom is 0.326 e. The first-order valence-corrected chi connectivity index (χ1v) is 1.81.